The number of benzene rings is 2. The van der Waals surface area contributed by atoms with Crippen molar-refractivity contribution < 1.29 is 23.0 Å². The standard InChI is InChI=1S/C19H17F2N3O3/c1-26-17-11-13(7-8-16(17)27-19(20)21)18(25)22-12-14-5-2-3-6-15(14)24-10-4-9-23-24/h2-11,19H,12H2,1H3,(H,22,25). The molecule has 8 heteroatoms. The lowest BCUT2D eigenvalue weighted by molar-refractivity contribution is -0.0512. The fourth-order valence-electron chi connectivity index (χ4n) is 2.57. The van der Waals surface area contributed by atoms with Gasteiger partial charge in [-0.1, -0.05) is 18.2 Å². The SMILES string of the molecule is COc1cc(C(=O)NCc2ccccc2-n2cccn2)ccc1OC(F)F. The van der Waals surface area contributed by atoms with Gasteiger partial charge in [-0.15, -0.1) is 0 Å². The Kier molecular flexibility index (Phi) is 5.65. The maximum atomic E-state index is 12.4. The molecule has 0 atom stereocenters. The molecule has 0 aliphatic heterocycles. The van der Waals surface area contributed by atoms with E-state index in [2.05, 4.69) is 15.2 Å². The van der Waals surface area contributed by atoms with Crippen molar-refractivity contribution in [2.75, 3.05) is 7.11 Å². The number of methoxy groups -OCH3 is 1. The van der Waals surface area contributed by atoms with Gasteiger partial charge in [0.2, 0.25) is 0 Å². The van der Waals surface area contributed by atoms with Gasteiger partial charge < -0.3 is 14.8 Å². The Morgan fingerprint density at radius 3 is 2.70 bits per heavy atom. The van der Waals surface area contributed by atoms with E-state index in [1.54, 1.807) is 10.9 Å². The molecule has 0 bridgehead atoms. The number of nitrogens with zero attached hydrogens (tertiary/aromatic N) is 2. The predicted molar refractivity (Wildman–Crippen MR) is 94.4 cm³/mol. The summed E-state index contributed by atoms with van der Waals surface area (Å²) >= 11 is 0. The van der Waals surface area contributed by atoms with Crippen LogP contribution >= 0.6 is 0 Å². The summed E-state index contributed by atoms with van der Waals surface area (Å²) in [5.74, 6) is -0.444. The van der Waals surface area contributed by atoms with E-state index in [4.69, 9.17) is 4.74 Å². The van der Waals surface area contributed by atoms with Crippen molar-refractivity contribution in [3.63, 3.8) is 0 Å². The van der Waals surface area contributed by atoms with Crippen molar-refractivity contribution in [2.24, 2.45) is 0 Å². The number of alkyl halides is 2. The Morgan fingerprint density at radius 1 is 1.19 bits per heavy atom. The Morgan fingerprint density at radius 2 is 2.00 bits per heavy atom. The summed E-state index contributed by atoms with van der Waals surface area (Å²) in [7, 11) is 1.32. The fraction of sp³-hybridized carbons (Fsp3) is 0.158. The van der Waals surface area contributed by atoms with E-state index in [1.165, 1.54) is 25.3 Å². The van der Waals surface area contributed by atoms with Crippen molar-refractivity contribution in [1.82, 2.24) is 15.1 Å². The van der Waals surface area contributed by atoms with Gasteiger partial charge in [-0.2, -0.15) is 13.9 Å². The van der Waals surface area contributed by atoms with Gasteiger partial charge in [0.15, 0.2) is 11.5 Å². The molecular weight excluding hydrogens is 356 g/mol. The lowest BCUT2D eigenvalue weighted by Crippen LogP contribution is -2.23. The van der Waals surface area contributed by atoms with Crippen LogP contribution < -0.4 is 14.8 Å². The Hall–Kier alpha value is -3.42. The van der Waals surface area contributed by atoms with Crippen LogP contribution in [0.5, 0.6) is 11.5 Å². The normalized spacial score (nSPS) is 10.7. The van der Waals surface area contributed by atoms with E-state index in [0.717, 1.165) is 11.3 Å². The number of hydrogen-bond donors (Lipinski definition) is 1. The monoisotopic (exact) mass is 373 g/mol. The molecule has 140 valence electrons. The number of ether oxygens (including phenoxy) is 2. The van der Waals surface area contributed by atoms with Gasteiger partial charge in [0.05, 0.1) is 12.8 Å². The lowest BCUT2D eigenvalue weighted by atomic mass is 10.1. The Balaban J connectivity index is 1.74. The highest BCUT2D eigenvalue weighted by molar-refractivity contribution is 5.94. The number of aromatic nitrogens is 2. The Labute approximate surface area is 154 Å². The number of carbonyl (C=O) groups excluding carboxylic acids is 1. The summed E-state index contributed by atoms with van der Waals surface area (Å²) in [6.45, 7) is -2.70. The molecule has 1 amide bonds. The third-order valence-electron chi connectivity index (χ3n) is 3.82. The number of para-hydroxylation sites is 1. The Bertz CT molecular complexity index is 914. The van der Waals surface area contributed by atoms with Crippen LogP contribution in [0.1, 0.15) is 15.9 Å². The topological polar surface area (TPSA) is 65.4 Å². The van der Waals surface area contributed by atoms with Crippen LogP contribution in [-0.2, 0) is 6.54 Å². The van der Waals surface area contributed by atoms with Gasteiger partial charge in [0.1, 0.15) is 0 Å². The minimum absolute atomic E-state index is 0.0555. The molecule has 0 saturated carbocycles. The van der Waals surface area contributed by atoms with Crippen LogP contribution in [0.4, 0.5) is 8.78 Å². The molecule has 3 rings (SSSR count). The highest BCUT2D eigenvalue weighted by atomic mass is 19.3. The van der Waals surface area contributed by atoms with E-state index in [-0.39, 0.29) is 29.5 Å². The van der Waals surface area contributed by atoms with E-state index in [1.807, 2.05) is 36.5 Å². The molecule has 1 aromatic heterocycles. The predicted octanol–water partition coefficient (Wildman–Crippen LogP) is 3.41. The average molecular weight is 373 g/mol. The van der Waals surface area contributed by atoms with Gasteiger partial charge in [-0.05, 0) is 35.9 Å². The molecule has 0 saturated heterocycles. The summed E-state index contributed by atoms with van der Waals surface area (Å²) in [5.41, 5.74) is 1.99. The first kappa shape index (κ1) is 18.4. The summed E-state index contributed by atoms with van der Waals surface area (Å²) in [6, 6.07) is 13.4. The van der Waals surface area contributed by atoms with Crippen LogP contribution in [0.3, 0.4) is 0 Å². The molecular formula is C19H17F2N3O3. The summed E-state index contributed by atoms with van der Waals surface area (Å²) in [5, 5.41) is 7.01. The second kappa shape index (κ2) is 8.31. The number of halogens is 2. The van der Waals surface area contributed by atoms with Gasteiger partial charge in [-0.3, -0.25) is 4.79 Å². The molecule has 3 aromatic rings. The third kappa shape index (κ3) is 4.41. The quantitative estimate of drug-likeness (QED) is 0.689. The van der Waals surface area contributed by atoms with Crippen molar-refractivity contribution in [3.05, 3.63) is 72.1 Å². The van der Waals surface area contributed by atoms with Crippen LogP contribution in [0.2, 0.25) is 0 Å². The number of nitrogens with one attached hydrogen (secondary N) is 1. The first-order chi connectivity index (χ1) is 13.1. The van der Waals surface area contributed by atoms with E-state index >= 15 is 0 Å². The molecule has 0 unspecified atom stereocenters. The zero-order valence-corrected chi connectivity index (χ0v) is 14.4. The molecule has 1 N–H and O–H groups in total. The van der Waals surface area contributed by atoms with Crippen molar-refractivity contribution in [2.45, 2.75) is 13.2 Å². The minimum atomic E-state index is -2.97. The molecule has 0 spiro atoms. The van der Waals surface area contributed by atoms with Crippen LogP contribution in [-0.4, -0.2) is 29.4 Å². The first-order valence-corrected chi connectivity index (χ1v) is 8.07. The second-order valence-electron chi connectivity index (χ2n) is 5.51. The average Bonchev–Trinajstić information content (AvgIpc) is 3.20. The van der Waals surface area contributed by atoms with E-state index in [9.17, 15) is 13.6 Å². The van der Waals surface area contributed by atoms with Crippen molar-refractivity contribution >= 4 is 5.91 Å². The zero-order valence-electron chi connectivity index (χ0n) is 14.4. The summed E-state index contributed by atoms with van der Waals surface area (Å²) in [4.78, 5) is 12.4. The molecule has 0 fully saturated rings. The lowest BCUT2D eigenvalue weighted by Gasteiger charge is -2.13. The van der Waals surface area contributed by atoms with Crippen molar-refractivity contribution in [3.8, 4) is 17.2 Å². The second-order valence-corrected chi connectivity index (χ2v) is 5.51. The zero-order chi connectivity index (χ0) is 19.2. The highest BCUT2D eigenvalue weighted by Gasteiger charge is 2.14. The smallest absolute Gasteiger partial charge is 0.387 e. The number of hydrogen-bond acceptors (Lipinski definition) is 4. The third-order valence-corrected chi connectivity index (χ3v) is 3.82. The number of amides is 1. The van der Waals surface area contributed by atoms with Crippen molar-refractivity contribution in [1.29, 1.82) is 0 Å². The fourth-order valence-corrected chi connectivity index (χ4v) is 2.57. The summed E-state index contributed by atoms with van der Waals surface area (Å²) in [6.07, 6.45) is 3.48. The maximum Gasteiger partial charge on any atom is 0.387 e. The van der Waals surface area contributed by atoms with Crippen LogP contribution in [0.25, 0.3) is 5.69 Å². The first-order valence-electron chi connectivity index (χ1n) is 8.07. The molecule has 0 radical (unpaired) electrons. The minimum Gasteiger partial charge on any atom is -0.493 e. The van der Waals surface area contributed by atoms with E-state index in [0.29, 0.717) is 0 Å². The van der Waals surface area contributed by atoms with Gasteiger partial charge in [0, 0.05) is 24.5 Å². The van der Waals surface area contributed by atoms with Gasteiger partial charge >= 0.3 is 6.61 Å². The van der Waals surface area contributed by atoms with Gasteiger partial charge in [-0.25, -0.2) is 4.68 Å². The molecule has 2 aromatic carbocycles. The molecule has 0 aliphatic rings. The maximum absolute atomic E-state index is 12.4. The largest absolute Gasteiger partial charge is 0.493 e. The highest BCUT2D eigenvalue weighted by Crippen LogP contribution is 2.29. The van der Waals surface area contributed by atoms with E-state index < -0.39 is 6.61 Å². The number of carbonyl (C=O) groups is 1. The summed E-state index contributed by atoms with van der Waals surface area (Å²) < 4.78 is 35.9. The molecule has 0 aliphatic carbocycles. The van der Waals surface area contributed by atoms with Crippen LogP contribution in [0.15, 0.2) is 60.9 Å². The molecule has 1 heterocycles. The van der Waals surface area contributed by atoms with Gasteiger partial charge in [0.25, 0.3) is 5.91 Å². The number of rotatable bonds is 7. The van der Waals surface area contributed by atoms with Crippen LogP contribution in [0, 0.1) is 0 Å². The molecule has 27 heavy (non-hydrogen) atoms. The molecule has 6 nitrogen and oxygen atoms in total.